The summed E-state index contributed by atoms with van der Waals surface area (Å²) in [6.07, 6.45) is 0.247. The summed E-state index contributed by atoms with van der Waals surface area (Å²) < 4.78 is 5.31. The molecular weight excluding hydrogens is 336 g/mol. The first-order valence-electron chi connectivity index (χ1n) is 6.69. The fourth-order valence-electron chi connectivity index (χ4n) is 1.78. The van der Waals surface area contributed by atoms with Gasteiger partial charge in [0.2, 0.25) is 5.75 Å². The molecule has 0 aliphatic carbocycles. The summed E-state index contributed by atoms with van der Waals surface area (Å²) in [5, 5.41) is 22.5. The lowest BCUT2D eigenvalue weighted by atomic mass is 10.2. The van der Waals surface area contributed by atoms with Crippen LogP contribution in [0.2, 0.25) is 5.02 Å². The van der Waals surface area contributed by atoms with Crippen LogP contribution in [0.15, 0.2) is 36.5 Å². The lowest BCUT2D eigenvalue weighted by Gasteiger charge is -2.14. The van der Waals surface area contributed by atoms with Gasteiger partial charge in [0.15, 0.2) is 6.10 Å². The first-order valence-corrected chi connectivity index (χ1v) is 7.06. The molecule has 1 unspecified atom stereocenters. The van der Waals surface area contributed by atoms with E-state index >= 15 is 0 Å². The Kier molecular flexibility index (Phi) is 5.29. The molecule has 1 atom stereocenters. The Morgan fingerprint density at radius 3 is 2.88 bits per heavy atom. The minimum absolute atomic E-state index is 0.108. The molecule has 1 aromatic carbocycles. The average Bonchev–Trinajstić information content (AvgIpc) is 2.55. The number of nitriles is 1. The highest BCUT2D eigenvalue weighted by Crippen LogP contribution is 2.25. The van der Waals surface area contributed by atoms with Crippen molar-refractivity contribution in [2.45, 2.75) is 13.0 Å². The van der Waals surface area contributed by atoms with Crippen molar-refractivity contribution in [3.8, 4) is 11.8 Å². The van der Waals surface area contributed by atoms with Crippen LogP contribution in [0, 0.1) is 21.4 Å². The summed E-state index contributed by atoms with van der Waals surface area (Å²) in [5.41, 5.74) is 0.657. The van der Waals surface area contributed by atoms with Gasteiger partial charge < -0.3 is 20.2 Å². The molecular formula is C15H11ClN4O4. The highest BCUT2D eigenvalue weighted by Gasteiger charge is 2.22. The number of nitrogens with one attached hydrogen (secondary N) is 1. The van der Waals surface area contributed by atoms with Crippen molar-refractivity contribution in [1.29, 1.82) is 5.26 Å². The first kappa shape index (κ1) is 17.2. The van der Waals surface area contributed by atoms with Crippen LogP contribution in [-0.4, -0.2) is 21.9 Å². The molecule has 0 saturated heterocycles. The number of pyridine rings is 1. The summed E-state index contributed by atoms with van der Waals surface area (Å²) in [5.74, 6) is -1.12. The Morgan fingerprint density at radius 1 is 1.50 bits per heavy atom. The van der Waals surface area contributed by atoms with E-state index in [0.717, 1.165) is 0 Å². The molecule has 0 fully saturated rings. The van der Waals surface area contributed by atoms with Gasteiger partial charge in [0.1, 0.15) is 12.3 Å². The molecule has 0 bridgehead atoms. The molecule has 0 aliphatic heterocycles. The van der Waals surface area contributed by atoms with Gasteiger partial charge in [-0.3, -0.25) is 4.79 Å². The number of carbonyl (C=O) groups excluding carboxylic acids is 1. The lowest BCUT2D eigenvalue weighted by molar-refractivity contribution is -0.390. The molecule has 2 rings (SSSR count). The predicted octanol–water partition coefficient (Wildman–Crippen LogP) is 2.92. The maximum atomic E-state index is 12.1. The SMILES string of the molecule is CC(Oc1cccnc1[N+](=O)[O-])C(=O)Nc1ccc(C#N)c(Cl)c1. The number of benzene rings is 1. The molecule has 0 spiro atoms. The molecule has 1 aromatic heterocycles. The minimum Gasteiger partial charge on any atom is -0.473 e. The van der Waals surface area contributed by atoms with E-state index in [1.54, 1.807) is 0 Å². The second-order valence-corrected chi connectivity index (χ2v) is 5.05. The van der Waals surface area contributed by atoms with Crippen molar-refractivity contribution in [2.24, 2.45) is 0 Å². The number of anilines is 1. The molecule has 1 heterocycles. The van der Waals surface area contributed by atoms with E-state index in [2.05, 4.69) is 10.3 Å². The van der Waals surface area contributed by atoms with Crippen molar-refractivity contribution in [3.05, 3.63) is 57.2 Å². The van der Waals surface area contributed by atoms with E-state index < -0.39 is 22.8 Å². The van der Waals surface area contributed by atoms with Crippen LogP contribution < -0.4 is 10.1 Å². The Bertz CT molecular complexity index is 834. The van der Waals surface area contributed by atoms with Crippen molar-refractivity contribution in [1.82, 2.24) is 4.98 Å². The van der Waals surface area contributed by atoms with Gasteiger partial charge in [-0.1, -0.05) is 11.6 Å². The Labute approximate surface area is 141 Å². The Morgan fingerprint density at radius 2 is 2.25 bits per heavy atom. The largest absolute Gasteiger partial charge is 0.473 e. The van der Waals surface area contributed by atoms with E-state index in [1.165, 1.54) is 43.5 Å². The number of nitro groups is 1. The van der Waals surface area contributed by atoms with Gasteiger partial charge in [0.25, 0.3) is 5.91 Å². The van der Waals surface area contributed by atoms with E-state index in [4.69, 9.17) is 21.6 Å². The van der Waals surface area contributed by atoms with E-state index in [9.17, 15) is 14.9 Å². The second kappa shape index (κ2) is 7.39. The molecule has 0 radical (unpaired) electrons. The summed E-state index contributed by atoms with van der Waals surface area (Å²) in [7, 11) is 0. The van der Waals surface area contributed by atoms with Crippen molar-refractivity contribution >= 4 is 29.0 Å². The van der Waals surface area contributed by atoms with Gasteiger partial charge in [-0.2, -0.15) is 5.26 Å². The average molecular weight is 347 g/mol. The molecule has 9 heteroatoms. The number of hydrogen-bond acceptors (Lipinski definition) is 6. The lowest BCUT2D eigenvalue weighted by Crippen LogP contribution is -2.30. The van der Waals surface area contributed by atoms with E-state index in [-0.39, 0.29) is 16.3 Å². The summed E-state index contributed by atoms with van der Waals surface area (Å²) >= 11 is 5.89. The van der Waals surface area contributed by atoms with Crippen molar-refractivity contribution in [2.75, 3.05) is 5.32 Å². The van der Waals surface area contributed by atoms with Crippen LogP contribution in [0.5, 0.6) is 5.75 Å². The van der Waals surface area contributed by atoms with Gasteiger partial charge in [-0.15, -0.1) is 0 Å². The number of ether oxygens (including phenoxy) is 1. The molecule has 1 amide bonds. The zero-order chi connectivity index (χ0) is 17.7. The van der Waals surface area contributed by atoms with Gasteiger partial charge in [0, 0.05) is 5.69 Å². The number of aromatic nitrogens is 1. The monoisotopic (exact) mass is 346 g/mol. The smallest absolute Gasteiger partial charge is 0.406 e. The summed E-state index contributed by atoms with van der Waals surface area (Å²) in [4.78, 5) is 25.9. The number of carbonyl (C=O) groups is 1. The van der Waals surface area contributed by atoms with Crippen molar-refractivity contribution in [3.63, 3.8) is 0 Å². The zero-order valence-electron chi connectivity index (χ0n) is 12.4. The molecule has 24 heavy (non-hydrogen) atoms. The van der Waals surface area contributed by atoms with Crippen LogP contribution in [0.1, 0.15) is 12.5 Å². The third kappa shape index (κ3) is 3.97. The Hall–Kier alpha value is -3.18. The quantitative estimate of drug-likeness (QED) is 0.656. The first-order chi connectivity index (χ1) is 11.4. The predicted molar refractivity (Wildman–Crippen MR) is 85.8 cm³/mol. The molecule has 2 aromatic rings. The highest BCUT2D eigenvalue weighted by molar-refractivity contribution is 6.32. The number of amides is 1. The molecule has 8 nitrogen and oxygen atoms in total. The van der Waals surface area contributed by atoms with E-state index in [0.29, 0.717) is 5.69 Å². The fourth-order valence-corrected chi connectivity index (χ4v) is 2.01. The van der Waals surface area contributed by atoms with Gasteiger partial charge in [0.05, 0.1) is 10.6 Å². The maximum Gasteiger partial charge on any atom is 0.406 e. The van der Waals surface area contributed by atoms with Gasteiger partial charge >= 0.3 is 5.82 Å². The van der Waals surface area contributed by atoms with E-state index in [1.807, 2.05) is 6.07 Å². The van der Waals surface area contributed by atoms with Crippen LogP contribution >= 0.6 is 11.6 Å². The molecule has 1 N–H and O–H groups in total. The number of hydrogen-bond donors (Lipinski definition) is 1. The topological polar surface area (TPSA) is 118 Å². The maximum absolute atomic E-state index is 12.1. The summed E-state index contributed by atoms with van der Waals surface area (Å²) in [6, 6.07) is 9.14. The molecule has 0 saturated carbocycles. The van der Waals surface area contributed by atoms with Crippen molar-refractivity contribution < 1.29 is 14.5 Å². The molecule has 122 valence electrons. The van der Waals surface area contributed by atoms with Crippen LogP contribution in [0.4, 0.5) is 11.5 Å². The second-order valence-electron chi connectivity index (χ2n) is 4.64. The minimum atomic E-state index is -1.01. The van der Waals surface area contributed by atoms with Crippen LogP contribution in [0.25, 0.3) is 0 Å². The molecule has 0 aliphatic rings. The number of nitrogens with zero attached hydrogens (tertiary/aromatic N) is 3. The Balaban J connectivity index is 2.09. The number of halogens is 1. The third-order valence-corrected chi connectivity index (χ3v) is 3.27. The standard InChI is InChI=1S/C15H11ClN4O4/c1-9(24-13-3-2-6-18-14(13)20(22)23)15(21)19-11-5-4-10(8-17)12(16)7-11/h2-7,9H,1H3,(H,19,21). The highest BCUT2D eigenvalue weighted by atomic mass is 35.5. The summed E-state index contributed by atoms with van der Waals surface area (Å²) in [6.45, 7) is 1.44. The van der Waals surface area contributed by atoms with Gasteiger partial charge in [-0.25, -0.2) is 0 Å². The normalized spacial score (nSPS) is 11.2. The fraction of sp³-hybridized carbons (Fsp3) is 0.133. The van der Waals surface area contributed by atoms with Gasteiger partial charge in [-0.05, 0) is 47.2 Å². The number of rotatable bonds is 5. The van der Waals surface area contributed by atoms with Crippen LogP contribution in [-0.2, 0) is 4.79 Å². The van der Waals surface area contributed by atoms with Crippen LogP contribution in [0.3, 0.4) is 0 Å². The zero-order valence-corrected chi connectivity index (χ0v) is 13.1. The third-order valence-electron chi connectivity index (χ3n) is 2.95.